The molecule has 0 aromatic heterocycles. The van der Waals surface area contributed by atoms with Crippen LogP contribution in [-0.4, -0.2) is 17.6 Å². The van der Waals surface area contributed by atoms with Crippen molar-refractivity contribution in [2.45, 2.75) is 25.4 Å². The highest BCUT2D eigenvalue weighted by Crippen LogP contribution is 2.13. The van der Waals surface area contributed by atoms with E-state index in [1.165, 1.54) is 30.3 Å². The summed E-state index contributed by atoms with van der Waals surface area (Å²) in [5.74, 6) is -2.45. The van der Waals surface area contributed by atoms with Gasteiger partial charge >= 0.3 is 0 Å². The Balaban J connectivity index is 1.71. The maximum atomic E-state index is 13.1. The highest BCUT2D eigenvalue weighted by atomic mass is 19.2. The van der Waals surface area contributed by atoms with E-state index in [0.29, 0.717) is 24.0 Å². The van der Waals surface area contributed by atoms with Crippen molar-refractivity contribution in [1.29, 1.82) is 0 Å². The third-order valence-corrected chi connectivity index (χ3v) is 3.60. The first kappa shape index (κ1) is 18.0. The van der Waals surface area contributed by atoms with Crippen molar-refractivity contribution >= 4 is 5.91 Å². The van der Waals surface area contributed by atoms with Crippen molar-refractivity contribution in [2.24, 2.45) is 0 Å². The quantitative estimate of drug-likeness (QED) is 0.815. The number of aliphatic hydroxyl groups excluding tert-OH is 1. The Hall–Kier alpha value is -2.34. The third kappa shape index (κ3) is 5.38. The highest BCUT2D eigenvalue weighted by Gasteiger charge is 2.10. The number of rotatable bonds is 7. The molecular formula is C18H18F3NO2. The van der Waals surface area contributed by atoms with Gasteiger partial charge in [0.2, 0.25) is 5.91 Å². The summed E-state index contributed by atoms with van der Waals surface area (Å²) < 4.78 is 38.7. The molecule has 128 valence electrons. The third-order valence-electron chi connectivity index (χ3n) is 3.60. The number of hydrogen-bond acceptors (Lipinski definition) is 2. The maximum absolute atomic E-state index is 13.1. The Morgan fingerprint density at radius 1 is 1.04 bits per heavy atom. The van der Waals surface area contributed by atoms with E-state index in [1.807, 2.05) is 0 Å². The number of halogens is 3. The van der Waals surface area contributed by atoms with Crippen molar-refractivity contribution in [3.63, 3.8) is 0 Å². The van der Waals surface area contributed by atoms with Crippen LogP contribution in [0.2, 0.25) is 0 Å². The molecule has 0 aliphatic rings. The molecule has 24 heavy (non-hydrogen) atoms. The van der Waals surface area contributed by atoms with Gasteiger partial charge in [0, 0.05) is 13.0 Å². The number of carbonyl (C=O) groups excluding carboxylic acids is 1. The van der Waals surface area contributed by atoms with Gasteiger partial charge in [-0.1, -0.05) is 18.2 Å². The topological polar surface area (TPSA) is 49.3 Å². The molecule has 2 N–H and O–H groups in total. The van der Waals surface area contributed by atoms with Gasteiger partial charge in [0.1, 0.15) is 5.82 Å². The average Bonchev–Trinajstić information content (AvgIpc) is 2.56. The SMILES string of the molecule is O=C(CCCc1ccc(F)c(F)c1)NCC(O)c1ccc(F)cc1. The molecule has 0 bridgehead atoms. The molecule has 2 aromatic carbocycles. The second-order valence-electron chi connectivity index (χ2n) is 5.47. The lowest BCUT2D eigenvalue weighted by molar-refractivity contribution is -0.121. The standard InChI is InChI=1S/C18H18F3NO2/c19-14-7-5-13(6-8-14)17(23)11-22-18(24)3-1-2-12-4-9-15(20)16(21)10-12/h4-10,17,23H,1-3,11H2,(H,22,24). The van der Waals surface area contributed by atoms with Gasteiger partial charge in [0.25, 0.3) is 0 Å². The molecule has 2 rings (SSSR count). The van der Waals surface area contributed by atoms with E-state index < -0.39 is 23.6 Å². The van der Waals surface area contributed by atoms with Gasteiger partial charge < -0.3 is 10.4 Å². The second kappa shape index (κ2) is 8.49. The summed E-state index contributed by atoms with van der Waals surface area (Å²) in [6, 6.07) is 9.04. The Bertz CT molecular complexity index is 689. The number of amides is 1. The fraction of sp³-hybridized carbons (Fsp3) is 0.278. The Labute approximate surface area is 138 Å². The summed E-state index contributed by atoms with van der Waals surface area (Å²) in [7, 11) is 0. The van der Waals surface area contributed by atoms with Crippen LogP contribution in [0.15, 0.2) is 42.5 Å². The molecule has 0 aliphatic carbocycles. The number of carbonyl (C=O) groups is 1. The van der Waals surface area contributed by atoms with Crippen LogP contribution in [0.3, 0.4) is 0 Å². The monoisotopic (exact) mass is 337 g/mol. The molecule has 3 nitrogen and oxygen atoms in total. The second-order valence-corrected chi connectivity index (χ2v) is 5.47. The molecule has 1 amide bonds. The van der Waals surface area contributed by atoms with E-state index in [4.69, 9.17) is 0 Å². The average molecular weight is 337 g/mol. The van der Waals surface area contributed by atoms with Crippen molar-refractivity contribution in [3.05, 3.63) is 71.0 Å². The van der Waals surface area contributed by atoms with E-state index >= 15 is 0 Å². The predicted octanol–water partition coefficient (Wildman–Crippen LogP) is 3.28. The number of nitrogens with one attached hydrogen (secondary N) is 1. The van der Waals surface area contributed by atoms with Gasteiger partial charge in [0.05, 0.1) is 6.10 Å². The van der Waals surface area contributed by atoms with Crippen LogP contribution in [0.5, 0.6) is 0 Å². The van der Waals surface area contributed by atoms with Gasteiger partial charge in [-0.3, -0.25) is 4.79 Å². The van der Waals surface area contributed by atoms with Crippen LogP contribution in [-0.2, 0) is 11.2 Å². The fourth-order valence-electron chi connectivity index (χ4n) is 2.25. The van der Waals surface area contributed by atoms with Crippen LogP contribution in [0, 0.1) is 17.5 Å². The minimum atomic E-state index is -0.916. The molecule has 0 saturated heterocycles. The zero-order valence-corrected chi connectivity index (χ0v) is 12.9. The number of benzene rings is 2. The fourth-order valence-corrected chi connectivity index (χ4v) is 2.25. The Morgan fingerprint density at radius 2 is 1.75 bits per heavy atom. The van der Waals surface area contributed by atoms with E-state index in [0.717, 1.165) is 12.1 Å². The zero-order chi connectivity index (χ0) is 17.5. The van der Waals surface area contributed by atoms with E-state index in [1.54, 1.807) is 0 Å². The number of aliphatic hydroxyl groups is 1. The van der Waals surface area contributed by atoms with Crippen molar-refractivity contribution in [2.75, 3.05) is 6.54 Å². The molecule has 2 aromatic rings. The van der Waals surface area contributed by atoms with Crippen molar-refractivity contribution in [1.82, 2.24) is 5.32 Å². The molecule has 1 atom stereocenters. The van der Waals surface area contributed by atoms with Gasteiger partial charge in [0.15, 0.2) is 11.6 Å². The minimum absolute atomic E-state index is 0.0235. The largest absolute Gasteiger partial charge is 0.387 e. The van der Waals surface area contributed by atoms with Crippen molar-refractivity contribution in [3.8, 4) is 0 Å². The summed E-state index contributed by atoms with van der Waals surface area (Å²) in [4.78, 5) is 11.7. The van der Waals surface area contributed by atoms with Crippen LogP contribution in [0.25, 0.3) is 0 Å². The van der Waals surface area contributed by atoms with E-state index in [2.05, 4.69) is 5.32 Å². The summed E-state index contributed by atoms with van der Waals surface area (Å²) in [6.07, 6.45) is 0.213. The molecule has 0 aliphatic heterocycles. The zero-order valence-electron chi connectivity index (χ0n) is 12.9. The van der Waals surface area contributed by atoms with Gasteiger partial charge in [-0.2, -0.15) is 0 Å². The van der Waals surface area contributed by atoms with Gasteiger partial charge in [-0.05, 0) is 48.2 Å². The smallest absolute Gasteiger partial charge is 0.220 e. The molecule has 0 fully saturated rings. The summed E-state index contributed by atoms with van der Waals surface area (Å²) >= 11 is 0. The number of aryl methyl sites for hydroxylation is 1. The molecule has 6 heteroatoms. The molecule has 0 spiro atoms. The predicted molar refractivity (Wildman–Crippen MR) is 83.7 cm³/mol. The Kier molecular flexibility index (Phi) is 6.37. The summed E-state index contributed by atoms with van der Waals surface area (Å²) in [5.41, 5.74) is 1.13. The summed E-state index contributed by atoms with van der Waals surface area (Å²) in [5, 5.41) is 12.5. The first-order valence-electron chi connectivity index (χ1n) is 7.60. The van der Waals surface area contributed by atoms with Crippen LogP contribution >= 0.6 is 0 Å². The van der Waals surface area contributed by atoms with E-state index in [9.17, 15) is 23.1 Å². The molecular weight excluding hydrogens is 319 g/mol. The first-order chi connectivity index (χ1) is 11.5. The lowest BCUT2D eigenvalue weighted by Gasteiger charge is -2.12. The molecule has 0 radical (unpaired) electrons. The molecule has 0 saturated carbocycles. The Morgan fingerprint density at radius 3 is 2.42 bits per heavy atom. The minimum Gasteiger partial charge on any atom is -0.387 e. The van der Waals surface area contributed by atoms with Crippen LogP contribution in [0.1, 0.15) is 30.1 Å². The maximum Gasteiger partial charge on any atom is 0.220 e. The normalized spacial score (nSPS) is 12.0. The van der Waals surface area contributed by atoms with Crippen LogP contribution < -0.4 is 5.32 Å². The summed E-state index contributed by atoms with van der Waals surface area (Å²) in [6.45, 7) is 0.0235. The van der Waals surface area contributed by atoms with Gasteiger partial charge in [-0.25, -0.2) is 13.2 Å². The van der Waals surface area contributed by atoms with E-state index in [-0.39, 0.29) is 18.9 Å². The lowest BCUT2D eigenvalue weighted by atomic mass is 10.1. The van der Waals surface area contributed by atoms with Crippen LogP contribution in [0.4, 0.5) is 13.2 Å². The first-order valence-corrected chi connectivity index (χ1v) is 7.60. The molecule has 1 unspecified atom stereocenters. The highest BCUT2D eigenvalue weighted by molar-refractivity contribution is 5.75. The number of hydrogen-bond donors (Lipinski definition) is 2. The van der Waals surface area contributed by atoms with Crippen molar-refractivity contribution < 1.29 is 23.1 Å². The lowest BCUT2D eigenvalue weighted by Crippen LogP contribution is -2.28. The van der Waals surface area contributed by atoms with Gasteiger partial charge in [-0.15, -0.1) is 0 Å². The molecule has 0 heterocycles.